The molecule has 1 heterocycles. The molecule has 0 amide bonds. The van der Waals surface area contributed by atoms with E-state index in [0.717, 1.165) is 38.3 Å². The first-order chi connectivity index (χ1) is 9.15. The number of nitrogens with zero attached hydrogens (tertiary/aromatic N) is 1. The Balaban J connectivity index is 2.29. The maximum atomic E-state index is 12.3. The Labute approximate surface area is 115 Å². The zero-order valence-corrected chi connectivity index (χ0v) is 12.0. The van der Waals surface area contributed by atoms with Crippen molar-refractivity contribution >= 4 is 15.7 Å². The van der Waals surface area contributed by atoms with Gasteiger partial charge < -0.3 is 10.2 Å². The molecule has 1 aliphatic rings. The Morgan fingerprint density at radius 2 is 1.95 bits per heavy atom. The normalized spacial score (nSPS) is 16.6. The van der Waals surface area contributed by atoms with E-state index in [0.29, 0.717) is 11.4 Å². The molecule has 0 aliphatic carbocycles. The van der Waals surface area contributed by atoms with Crippen molar-refractivity contribution in [2.75, 3.05) is 37.6 Å². The molecule has 0 bridgehead atoms. The Hall–Kier alpha value is -1.11. The first-order valence-corrected chi connectivity index (χ1v) is 8.18. The fourth-order valence-corrected chi connectivity index (χ4v) is 3.52. The summed E-state index contributed by atoms with van der Waals surface area (Å²) in [7, 11) is -3.41. The zero-order chi connectivity index (χ0) is 13.7. The van der Waals surface area contributed by atoms with Gasteiger partial charge in [-0.1, -0.05) is 19.1 Å². The SMILES string of the molecule is CCCNS(=O)(=O)c1ccccc1N1CCNCC1. The average molecular weight is 283 g/mol. The van der Waals surface area contributed by atoms with Crippen molar-refractivity contribution in [2.24, 2.45) is 0 Å². The van der Waals surface area contributed by atoms with Crippen LogP contribution in [0.25, 0.3) is 0 Å². The molecular weight excluding hydrogens is 262 g/mol. The monoisotopic (exact) mass is 283 g/mol. The molecule has 19 heavy (non-hydrogen) atoms. The molecule has 1 aliphatic heterocycles. The first-order valence-electron chi connectivity index (χ1n) is 6.69. The molecule has 0 spiro atoms. The largest absolute Gasteiger partial charge is 0.368 e. The van der Waals surface area contributed by atoms with Gasteiger partial charge in [0.25, 0.3) is 0 Å². The van der Waals surface area contributed by atoms with E-state index in [1.54, 1.807) is 12.1 Å². The van der Waals surface area contributed by atoms with Crippen LogP contribution in [0.4, 0.5) is 5.69 Å². The van der Waals surface area contributed by atoms with Gasteiger partial charge in [0.1, 0.15) is 4.90 Å². The fourth-order valence-electron chi connectivity index (χ4n) is 2.17. The van der Waals surface area contributed by atoms with Gasteiger partial charge in [-0.3, -0.25) is 0 Å². The molecule has 2 N–H and O–H groups in total. The second kappa shape index (κ2) is 6.36. The number of sulfonamides is 1. The molecule has 5 nitrogen and oxygen atoms in total. The van der Waals surface area contributed by atoms with Crippen molar-refractivity contribution in [3.63, 3.8) is 0 Å². The Morgan fingerprint density at radius 1 is 1.26 bits per heavy atom. The minimum absolute atomic E-state index is 0.380. The molecule has 1 fully saturated rings. The van der Waals surface area contributed by atoms with Crippen LogP contribution in [0.2, 0.25) is 0 Å². The number of nitrogens with one attached hydrogen (secondary N) is 2. The number of hydrogen-bond donors (Lipinski definition) is 2. The average Bonchev–Trinajstić information content (AvgIpc) is 2.46. The van der Waals surface area contributed by atoms with Crippen LogP contribution in [-0.4, -0.2) is 41.1 Å². The Morgan fingerprint density at radius 3 is 2.63 bits per heavy atom. The summed E-state index contributed by atoms with van der Waals surface area (Å²) in [6, 6.07) is 7.21. The highest BCUT2D eigenvalue weighted by Gasteiger charge is 2.21. The van der Waals surface area contributed by atoms with Crippen LogP contribution in [0, 0.1) is 0 Å². The number of rotatable bonds is 5. The van der Waals surface area contributed by atoms with Crippen LogP contribution in [0.1, 0.15) is 13.3 Å². The third-order valence-electron chi connectivity index (χ3n) is 3.15. The van der Waals surface area contributed by atoms with Crippen LogP contribution in [0.5, 0.6) is 0 Å². The van der Waals surface area contributed by atoms with E-state index in [1.807, 2.05) is 19.1 Å². The standard InChI is InChI=1S/C13H21N3O2S/c1-2-7-15-19(17,18)13-6-4-3-5-12(13)16-10-8-14-9-11-16/h3-6,14-15H,2,7-11H2,1H3. The lowest BCUT2D eigenvalue weighted by Gasteiger charge is -2.30. The van der Waals surface area contributed by atoms with Crippen LogP contribution < -0.4 is 14.9 Å². The van der Waals surface area contributed by atoms with E-state index in [1.165, 1.54) is 0 Å². The molecule has 6 heteroatoms. The molecule has 106 valence electrons. The van der Waals surface area contributed by atoms with Gasteiger partial charge in [-0.2, -0.15) is 0 Å². The lowest BCUT2D eigenvalue weighted by molar-refractivity contribution is 0.572. The summed E-state index contributed by atoms with van der Waals surface area (Å²) in [4.78, 5) is 2.50. The van der Waals surface area contributed by atoms with E-state index in [4.69, 9.17) is 0 Å². The number of anilines is 1. The third kappa shape index (κ3) is 3.46. The minimum Gasteiger partial charge on any atom is -0.368 e. The van der Waals surface area contributed by atoms with E-state index < -0.39 is 10.0 Å². The quantitative estimate of drug-likeness (QED) is 0.838. The molecular formula is C13H21N3O2S. The Bertz CT molecular complexity index is 510. The predicted octanol–water partition coefficient (Wildman–Crippen LogP) is 0.784. The molecule has 0 radical (unpaired) electrons. The summed E-state index contributed by atoms with van der Waals surface area (Å²) in [5.41, 5.74) is 0.799. The highest BCUT2D eigenvalue weighted by atomic mass is 32.2. The fraction of sp³-hybridized carbons (Fsp3) is 0.538. The second-order valence-electron chi connectivity index (χ2n) is 4.60. The molecule has 0 atom stereocenters. The number of piperazine rings is 1. The number of para-hydroxylation sites is 1. The minimum atomic E-state index is -3.41. The molecule has 1 aromatic rings. The van der Waals surface area contributed by atoms with Gasteiger partial charge in [-0.25, -0.2) is 13.1 Å². The van der Waals surface area contributed by atoms with Crippen molar-refractivity contribution in [1.29, 1.82) is 0 Å². The molecule has 1 aromatic carbocycles. The number of hydrogen-bond acceptors (Lipinski definition) is 4. The molecule has 0 aromatic heterocycles. The molecule has 1 saturated heterocycles. The van der Waals surface area contributed by atoms with Crippen molar-refractivity contribution < 1.29 is 8.42 Å². The van der Waals surface area contributed by atoms with E-state index >= 15 is 0 Å². The van der Waals surface area contributed by atoms with Crippen molar-refractivity contribution in [2.45, 2.75) is 18.2 Å². The van der Waals surface area contributed by atoms with Gasteiger partial charge >= 0.3 is 0 Å². The summed E-state index contributed by atoms with van der Waals surface area (Å²) in [6.07, 6.45) is 0.787. The summed E-state index contributed by atoms with van der Waals surface area (Å²) >= 11 is 0. The predicted molar refractivity (Wildman–Crippen MR) is 77.0 cm³/mol. The Kier molecular flexibility index (Phi) is 4.79. The summed E-state index contributed by atoms with van der Waals surface area (Å²) in [5, 5.41) is 3.27. The first kappa shape index (κ1) is 14.3. The lowest BCUT2D eigenvalue weighted by Crippen LogP contribution is -2.44. The van der Waals surface area contributed by atoms with Gasteiger partial charge in [0.05, 0.1) is 5.69 Å². The zero-order valence-electron chi connectivity index (χ0n) is 11.2. The smallest absolute Gasteiger partial charge is 0.242 e. The highest BCUT2D eigenvalue weighted by Crippen LogP contribution is 2.25. The van der Waals surface area contributed by atoms with E-state index in [2.05, 4.69) is 14.9 Å². The summed E-state index contributed by atoms with van der Waals surface area (Å²) in [5.74, 6) is 0. The van der Waals surface area contributed by atoms with Crippen molar-refractivity contribution in [3.8, 4) is 0 Å². The maximum Gasteiger partial charge on any atom is 0.242 e. The van der Waals surface area contributed by atoms with Gasteiger partial charge in [0.15, 0.2) is 0 Å². The van der Waals surface area contributed by atoms with Gasteiger partial charge in [-0.15, -0.1) is 0 Å². The third-order valence-corrected chi connectivity index (χ3v) is 4.66. The highest BCUT2D eigenvalue weighted by molar-refractivity contribution is 7.89. The lowest BCUT2D eigenvalue weighted by atomic mass is 10.2. The molecule has 0 unspecified atom stereocenters. The van der Waals surface area contributed by atoms with Crippen LogP contribution in [0.15, 0.2) is 29.2 Å². The topological polar surface area (TPSA) is 61.4 Å². The van der Waals surface area contributed by atoms with Crippen LogP contribution in [0.3, 0.4) is 0 Å². The van der Waals surface area contributed by atoms with Gasteiger partial charge in [0, 0.05) is 32.7 Å². The van der Waals surface area contributed by atoms with Gasteiger partial charge in [0.2, 0.25) is 10.0 Å². The summed E-state index contributed by atoms with van der Waals surface area (Å²) in [6.45, 7) is 5.86. The van der Waals surface area contributed by atoms with E-state index in [-0.39, 0.29) is 0 Å². The number of benzene rings is 1. The van der Waals surface area contributed by atoms with Crippen molar-refractivity contribution in [3.05, 3.63) is 24.3 Å². The summed E-state index contributed by atoms with van der Waals surface area (Å²) < 4.78 is 27.2. The molecule has 2 rings (SSSR count). The van der Waals surface area contributed by atoms with Gasteiger partial charge in [-0.05, 0) is 18.6 Å². The van der Waals surface area contributed by atoms with E-state index in [9.17, 15) is 8.42 Å². The molecule has 0 saturated carbocycles. The van der Waals surface area contributed by atoms with Crippen LogP contribution in [-0.2, 0) is 10.0 Å². The second-order valence-corrected chi connectivity index (χ2v) is 6.34. The van der Waals surface area contributed by atoms with Crippen LogP contribution >= 0.6 is 0 Å². The maximum absolute atomic E-state index is 12.3. The van der Waals surface area contributed by atoms with Crippen molar-refractivity contribution in [1.82, 2.24) is 10.0 Å².